The molecule has 5 heteroatoms. The molecule has 0 aliphatic heterocycles. The van der Waals surface area contributed by atoms with Crippen molar-refractivity contribution in [2.75, 3.05) is 0 Å². The molecule has 0 aromatic carbocycles. The Morgan fingerprint density at radius 2 is 2.14 bits per heavy atom. The highest BCUT2D eigenvalue weighted by atomic mass is 16.5. The molecule has 1 fully saturated rings. The molecule has 1 atom stereocenters. The van der Waals surface area contributed by atoms with Gasteiger partial charge in [0, 0.05) is 18.0 Å². The van der Waals surface area contributed by atoms with E-state index >= 15 is 0 Å². The van der Waals surface area contributed by atoms with E-state index in [0.717, 1.165) is 42.1 Å². The van der Waals surface area contributed by atoms with Gasteiger partial charge in [-0.15, -0.1) is 0 Å². The molecule has 2 aromatic heterocycles. The molecule has 1 unspecified atom stereocenters. The zero-order valence-corrected chi connectivity index (χ0v) is 13.5. The first-order valence-electron chi connectivity index (χ1n) is 8.33. The number of aromatic nitrogens is 3. The molecule has 1 N–H and O–H groups in total. The van der Waals surface area contributed by atoms with Gasteiger partial charge in [-0.05, 0) is 32.1 Å². The maximum atomic E-state index is 10.7. The van der Waals surface area contributed by atoms with Crippen molar-refractivity contribution < 1.29 is 9.63 Å². The molecular weight excluding hydrogens is 278 g/mol. The Hall–Kier alpha value is -1.62. The van der Waals surface area contributed by atoms with Crippen molar-refractivity contribution in [3.8, 4) is 0 Å². The van der Waals surface area contributed by atoms with Gasteiger partial charge in [0.15, 0.2) is 0 Å². The van der Waals surface area contributed by atoms with Crippen molar-refractivity contribution in [2.24, 2.45) is 5.92 Å². The summed E-state index contributed by atoms with van der Waals surface area (Å²) in [7, 11) is 0. The van der Waals surface area contributed by atoms with Crippen molar-refractivity contribution in [3.05, 3.63) is 35.2 Å². The summed E-state index contributed by atoms with van der Waals surface area (Å²) in [5.74, 6) is 1.96. The van der Waals surface area contributed by atoms with Gasteiger partial charge in [0.1, 0.15) is 17.7 Å². The number of aliphatic hydroxyl groups is 1. The first-order valence-corrected chi connectivity index (χ1v) is 8.33. The van der Waals surface area contributed by atoms with Crippen LogP contribution in [0, 0.1) is 12.8 Å². The molecule has 2 heterocycles. The van der Waals surface area contributed by atoms with E-state index in [9.17, 15) is 5.11 Å². The van der Waals surface area contributed by atoms with E-state index in [1.54, 1.807) is 6.20 Å². The van der Waals surface area contributed by atoms with Crippen LogP contribution in [0.15, 0.2) is 16.9 Å². The summed E-state index contributed by atoms with van der Waals surface area (Å²) in [4.78, 5) is 4.42. The van der Waals surface area contributed by atoms with Crippen LogP contribution in [0.2, 0.25) is 0 Å². The molecule has 0 spiro atoms. The maximum absolute atomic E-state index is 10.7. The lowest BCUT2D eigenvalue weighted by molar-refractivity contribution is 0.0743. The molecule has 120 valence electrons. The quantitative estimate of drug-likeness (QED) is 0.919. The van der Waals surface area contributed by atoms with Crippen LogP contribution in [0.4, 0.5) is 0 Å². The smallest absolute Gasteiger partial charge is 0.138 e. The van der Waals surface area contributed by atoms with Gasteiger partial charge in [0.05, 0.1) is 12.2 Å². The summed E-state index contributed by atoms with van der Waals surface area (Å²) in [5.41, 5.74) is 2.10. The van der Waals surface area contributed by atoms with Gasteiger partial charge in [-0.1, -0.05) is 31.3 Å². The maximum Gasteiger partial charge on any atom is 0.138 e. The predicted molar refractivity (Wildman–Crippen MR) is 83.5 cm³/mol. The molecule has 0 saturated heterocycles. The summed E-state index contributed by atoms with van der Waals surface area (Å²) in [6.45, 7) is 4.68. The molecule has 0 amide bonds. The third-order valence-electron chi connectivity index (χ3n) is 4.84. The second kappa shape index (κ2) is 6.65. The molecule has 0 bridgehead atoms. The van der Waals surface area contributed by atoms with Gasteiger partial charge < -0.3 is 14.2 Å². The van der Waals surface area contributed by atoms with Crippen LogP contribution in [-0.4, -0.2) is 19.8 Å². The Bertz CT molecular complexity index is 611. The molecule has 5 nitrogen and oxygen atoms in total. The van der Waals surface area contributed by atoms with Crippen LogP contribution in [0.1, 0.15) is 68.0 Å². The van der Waals surface area contributed by atoms with Crippen LogP contribution in [0.3, 0.4) is 0 Å². The van der Waals surface area contributed by atoms with Crippen LogP contribution < -0.4 is 0 Å². The van der Waals surface area contributed by atoms with E-state index < -0.39 is 6.10 Å². The zero-order chi connectivity index (χ0) is 15.5. The summed E-state index contributed by atoms with van der Waals surface area (Å²) in [6, 6.07) is 0. The molecule has 1 aliphatic rings. The van der Waals surface area contributed by atoms with Crippen molar-refractivity contribution in [3.63, 3.8) is 0 Å². The summed E-state index contributed by atoms with van der Waals surface area (Å²) in [6.07, 6.45) is 10.0. The Labute approximate surface area is 131 Å². The number of aliphatic hydroxyl groups excluding tert-OH is 1. The number of aryl methyl sites for hydroxylation is 2. The van der Waals surface area contributed by atoms with Gasteiger partial charge in [-0.2, -0.15) is 0 Å². The molecule has 3 rings (SSSR count). The van der Waals surface area contributed by atoms with Gasteiger partial charge in [0.25, 0.3) is 0 Å². The van der Waals surface area contributed by atoms with Crippen LogP contribution >= 0.6 is 0 Å². The average Bonchev–Trinajstić information content (AvgIpc) is 3.15. The van der Waals surface area contributed by atoms with Crippen molar-refractivity contribution in [1.29, 1.82) is 0 Å². The second-order valence-electron chi connectivity index (χ2n) is 6.27. The highest BCUT2D eigenvalue weighted by Crippen LogP contribution is 2.34. The van der Waals surface area contributed by atoms with Gasteiger partial charge in [-0.25, -0.2) is 4.98 Å². The average molecular weight is 303 g/mol. The minimum Gasteiger partial charge on any atom is -0.385 e. The predicted octanol–water partition coefficient (Wildman–Crippen LogP) is 3.40. The topological polar surface area (TPSA) is 64.1 Å². The lowest BCUT2D eigenvalue weighted by Gasteiger charge is -2.26. The molecule has 0 radical (unpaired) electrons. The minimum atomic E-state index is -0.472. The zero-order valence-electron chi connectivity index (χ0n) is 13.5. The third-order valence-corrected chi connectivity index (χ3v) is 4.84. The minimum absolute atomic E-state index is 0.337. The van der Waals surface area contributed by atoms with E-state index in [2.05, 4.69) is 17.1 Å². The van der Waals surface area contributed by atoms with E-state index in [4.69, 9.17) is 4.52 Å². The van der Waals surface area contributed by atoms with Gasteiger partial charge in [0.2, 0.25) is 0 Å². The summed E-state index contributed by atoms with van der Waals surface area (Å²) in [5, 5.41) is 14.8. The van der Waals surface area contributed by atoms with Crippen molar-refractivity contribution >= 4 is 0 Å². The lowest BCUT2D eigenvalue weighted by atomic mass is 9.85. The molecular formula is C17H25N3O2. The third kappa shape index (κ3) is 2.95. The first-order chi connectivity index (χ1) is 10.7. The summed E-state index contributed by atoms with van der Waals surface area (Å²) >= 11 is 0. The highest BCUT2D eigenvalue weighted by Gasteiger charge is 2.26. The number of rotatable bonds is 5. The van der Waals surface area contributed by atoms with E-state index in [1.807, 2.05) is 17.7 Å². The monoisotopic (exact) mass is 303 g/mol. The van der Waals surface area contributed by atoms with E-state index in [1.165, 1.54) is 19.3 Å². The van der Waals surface area contributed by atoms with Gasteiger partial charge in [-0.3, -0.25) is 0 Å². The first kappa shape index (κ1) is 15.3. The fourth-order valence-corrected chi connectivity index (χ4v) is 3.47. The second-order valence-corrected chi connectivity index (χ2v) is 6.27. The SMILES string of the molecule is CCc1noc(C)c1Cn1ccnc1C(O)C1CCCCC1. The van der Waals surface area contributed by atoms with Gasteiger partial charge >= 0.3 is 0 Å². The fourth-order valence-electron chi connectivity index (χ4n) is 3.47. The Kier molecular flexibility index (Phi) is 4.62. The normalized spacial score (nSPS) is 17.8. The number of hydrogen-bond acceptors (Lipinski definition) is 4. The van der Waals surface area contributed by atoms with Crippen LogP contribution in [-0.2, 0) is 13.0 Å². The molecule has 2 aromatic rings. The van der Waals surface area contributed by atoms with Crippen molar-refractivity contribution in [2.45, 2.75) is 65.0 Å². The standard InChI is InChI=1S/C17H25N3O2/c1-3-15-14(12(2)22-19-15)11-20-10-9-18-17(20)16(21)13-7-5-4-6-8-13/h9-10,13,16,21H,3-8,11H2,1-2H3. The fraction of sp³-hybridized carbons (Fsp3) is 0.647. The van der Waals surface area contributed by atoms with Crippen LogP contribution in [0.5, 0.6) is 0 Å². The number of imidazole rings is 1. The lowest BCUT2D eigenvalue weighted by Crippen LogP contribution is -2.20. The Morgan fingerprint density at radius 1 is 1.36 bits per heavy atom. The van der Waals surface area contributed by atoms with Crippen LogP contribution in [0.25, 0.3) is 0 Å². The number of nitrogens with zero attached hydrogens (tertiary/aromatic N) is 3. The van der Waals surface area contributed by atoms with Crippen molar-refractivity contribution in [1.82, 2.24) is 14.7 Å². The molecule has 22 heavy (non-hydrogen) atoms. The highest BCUT2D eigenvalue weighted by molar-refractivity contribution is 5.23. The molecule has 1 saturated carbocycles. The Morgan fingerprint density at radius 3 is 2.86 bits per heavy atom. The van der Waals surface area contributed by atoms with E-state index in [-0.39, 0.29) is 0 Å². The largest absolute Gasteiger partial charge is 0.385 e. The molecule has 1 aliphatic carbocycles. The summed E-state index contributed by atoms with van der Waals surface area (Å²) < 4.78 is 7.35. The van der Waals surface area contributed by atoms with E-state index in [0.29, 0.717) is 12.5 Å². The number of hydrogen-bond donors (Lipinski definition) is 1. The Balaban J connectivity index is 1.81.